The summed E-state index contributed by atoms with van der Waals surface area (Å²) in [6, 6.07) is 6.10. The van der Waals surface area contributed by atoms with E-state index in [0.717, 1.165) is 12.2 Å². The second kappa shape index (κ2) is 4.28. The first-order valence-electron chi connectivity index (χ1n) is 4.62. The molecule has 0 heterocycles. The fourth-order valence-electron chi connectivity index (χ4n) is 1.58. The van der Waals surface area contributed by atoms with Crippen LogP contribution in [0.1, 0.15) is 31.0 Å². The van der Waals surface area contributed by atoms with Crippen LogP contribution in [0.2, 0.25) is 0 Å². The minimum absolute atomic E-state index is 0.0741. The summed E-state index contributed by atoms with van der Waals surface area (Å²) < 4.78 is 5.27. The molecule has 1 aromatic rings. The summed E-state index contributed by atoms with van der Waals surface area (Å²) in [7, 11) is 1.69. The van der Waals surface area contributed by atoms with E-state index < -0.39 is 0 Å². The third kappa shape index (κ3) is 2.01. The van der Waals surface area contributed by atoms with Crippen molar-refractivity contribution in [3.05, 3.63) is 29.3 Å². The lowest BCUT2D eigenvalue weighted by molar-refractivity contribution is 0.409. The zero-order valence-corrected chi connectivity index (χ0v) is 8.50. The number of nitrogens with two attached hydrogens (primary N) is 1. The van der Waals surface area contributed by atoms with Crippen LogP contribution in [0.15, 0.2) is 18.2 Å². The zero-order valence-electron chi connectivity index (χ0n) is 8.50. The van der Waals surface area contributed by atoms with Crippen LogP contribution in [0, 0.1) is 0 Å². The highest BCUT2D eigenvalue weighted by molar-refractivity contribution is 5.41. The van der Waals surface area contributed by atoms with Gasteiger partial charge in [0.1, 0.15) is 5.75 Å². The zero-order chi connectivity index (χ0) is 9.84. The van der Waals surface area contributed by atoms with Crippen LogP contribution in [0.25, 0.3) is 0 Å². The van der Waals surface area contributed by atoms with Crippen LogP contribution in [0.4, 0.5) is 0 Å². The van der Waals surface area contributed by atoms with E-state index in [9.17, 15) is 0 Å². The second-order valence-electron chi connectivity index (χ2n) is 3.17. The molecule has 0 spiro atoms. The third-order valence-corrected chi connectivity index (χ3v) is 2.23. The Morgan fingerprint density at radius 2 is 2.15 bits per heavy atom. The first kappa shape index (κ1) is 10.1. The van der Waals surface area contributed by atoms with Gasteiger partial charge in [-0.05, 0) is 30.5 Å². The van der Waals surface area contributed by atoms with E-state index in [2.05, 4.69) is 13.0 Å². The lowest BCUT2D eigenvalue weighted by Gasteiger charge is -2.14. The summed E-state index contributed by atoms with van der Waals surface area (Å²) in [5, 5.41) is 0. The lowest BCUT2D eigenvalue weighted by Crippen LogP contribution is -2.08. The predicted molar refractivity (Wildman–Crippen MR) is 55.0 cm³/mol. The van der Waals surface area contributed by atoms with Crippen molar-refractivity contribution in [1.29, 1.82) is 0 Å². The molecule has 1 rings (SSSR count). The number of benzene rings is 1. The van der Waals surface area contributed by atoms with Crippen LogP contribution < -0.4 is 10.5 Å². The molecule has 0 aliphatic rings. The first-order chi connectivity index (χ1) is 6.20. The summed E-state index contributed by atoms with van der Waals surface area (Å²) in [6.45, 7) is 4.11. The number of methoxy groups -OCH3 is 1. The van der Waals surface area contributed by atoms with Gasteiger partial charge < -0.3 is 10.5 Å². The van der Waals surface area contributed by atoms with Crippen molar-refractivity contribution in [2.75, 3.05) is 7.11 Å². The molecule has 0 fully saturated rings. The molecule has 2 N–H and O–H groups in total. The molecule has 0 bridgehead atoms. The van der Waals surface area contributed by atoms with Crippen molar-refractivity contribution in [1.82, 2.24) is 0 Å². The van der Waals surface area contributed by atoms with Crippen molar-refractivity contribution in [2.24, 2.45) is 5.73 Å². The molecule has 0 aromatic heterocycles. The maximum absolute atomic E-state index is 5.86. The number of rotatable bonds is 3. The van der Waals surface area contributed by atoms with Gasteiger partial charge in [-0.3, -0.25) is 0 Å². The maximum atomic E-state index is 5.86. The summed E-state index contributed by atoms with van der Waals surface area (Å²) >= 11 is 0. The Balaban J connectivity index is 3.19. The monoisotopic (exact) mass is 179 g/mol. The Hall–Kier alpha value is -1.02. The predicted octanol–water partition coefficient (Wildman–Crippen LogP) is 2.28. The molecule has 13 heavy (non-hydrogen) atoms. The minimum atomic E-state index is 0.0741. The van der Waals surface area contributed by atoms with Crippen molar-refractivity contribution in [3.8, 4) is 5.75 Å². The number of hydrogen-bond donors (Lipinski definition) is 1. The van der Waals surface area contributed by atoms with Gasteiger partial charge in [-0.1, -0.05) is 19.1 Å². The van der Waals surface area contributed by atoms with Crippen LogP contribution in [0.3, 0.4) is 0 Å². The van der Waals surface area contributed by atoms with E-state index in [-0.39, 0.29) is 6.04 Å². The molecule has 2 nitrogen and oxygen atoms in total. The van der Waals surface area contributed by atoms with Gasteiger partial charge in [-0.15, -0.1) is 0 Å². The number of hydrogen-bond acceptors (Lipinski definition) is 2. The summed E-state index contributed by atoms with van der Waals surface area (Å²) in [4.78, 5) is 0. The Bertz CT molecular complexity index is 281. The molecular formula is C11H17NO. The van der Waals surface area contributed by atoms with E-state index in [1.807, 2.05) is 19.1 Å². The van der Waals surface area contributed by atoms with Crippen molar-refractivity contribution in [2.45, 2.75) is 26.3 Å². The van der Waals surface area contributed by atoms with Crippen molar-refractivity contribution in [3.63, 3.8) is 0 Å². The van der Waals surface area contributed by atoms with E-state index in [0.29, 0.717) is 0 Å². The van der Waals surface area contributed by atoms with Crippen LogP contribution in [-0.2, 0) is 6.42 Å². The van der Waals surface area contributed by atoms with Gasteiger partial charge in [-0.2, -0.15) is 0 Å². The van der Waals surface area contributed by atoms with Gasteiger partial charge in [0.25, 0.3) is 0 Å². The molecule has 2 heteroatoms. The SMILES string of the molecule is CCc1c(OC)cccc1C(C)N. The quantitative estimate of drug-likeness (QED) is 0.772. The highest BCUT2D eigenvalue weighted by Crippen LogP contribution is 2.25. The molecule has 1 unspecified atom stereocenters. The van der Waals surface area contributed by atoms with E-state index >= 15 is 0 Å². The van der Waals surface area contributed by atoms with E-state index in [4.69, 9.17) is 10.5 Å². The minimum Gasteiger partial charge on any atom is -0.496 e. The maximum Gasteiger partial charge on any atom is 0.122 e. The van der Waals surface area contributed by atoms with Crippen LogP contribution in [0.5, 0.6) is 5.75 Å². The largest absolute Gasteiger partial charge is 0.496 e. The molecule has 0 aliphatic heterocycles. The molecule has 0 radical (unpaired) electrons. The smallest absolute Gasteiger partial charge is 0.122 e. The first-order valence-corrected chi connectivity index (χ1v) is 4.62. The highest BCUT2D eigenvalue weighted by atomic mass is 16.5. The summed E-state index contributed by atoms with van der Waals surface area (Å²) in [5.41, 5.74) is 8.26. The average Bonchev–Trinajstić information content (AvgIpc) is 2.16. The van der Waals surface area contributed by atoms with E-state index in [1.54, 1.807) is 7.11 Å². The van der Waals surface area contributed by atoms with E-state index in [1.165, 1.54) is 11.1 Å². The van der Waals surface area contributed by atoms with Crippen LogP contribution >= 0.6 is 0 Å². The second-order valence-corrected chi connectivity index (χ2v) is 3.17. The Kier molecular flexibility index (Phi) is 3.32. The molecule has 0 amide bonds. The number of ether oxygens (including phenoxy) is 1. The molecule has 1 atom stereocenters. The van der Waals surface area contributed by atoms with Gasteiger partial charge in [0.2, 0.25) is 0 Å². The molecule has 1 aromatic carbocycles. The topological polar surface area (TPSA) is 35.2 Å². The van der Waals surface area contributed by atoms with Gasteiger partial charge in [0, 0.05) is 6.04 Å². The Morgan fingerprint density at radius 3 is 2.62 bits per heavy atom. The fourth-order valence-corrected chi connectivity index (χ4v) is 1.58. The average molecular weight is 179 g/mol. The van der Waals surface area contributed by atoms with Gasteiger partial charge >= 0.3 is 0 Å². The van der Waals surface area contributed by atoms with Gasteiger partial charge in [0.15, 0.2) is 0 Å². The molecule has 0 aliphatic carbocycles. The van der Waals surface area contributed by atoms with Gasteiger partial charge in [-0.25, -0.2) is 0 Å². The summed E-state index contributed by atoms with van der Waals surface area (Å²) in [6.07, 6.45) is 0.959. The molecule has 0 saturated heterocycles. The Labute approximate surface area is 79.7 Å². The third-order valence-electron chi connectivity index (χ3n) is 2.23. The van der Waals surface area contributed by atoms with Gasteiger partial charge in [0.05, 0.1) is 7.11 Å². The lowest BCUT2D eigenvalue weighted by atomic mass is 9.99. The molecule has 0 saturated carbocycles. The highest BCUT2D eigenvalue weighted by Gasteiger charge is 2.09. The summed E-state index contributed by atoms with van der Waals surface area (Å²) in [5.74, 6) is 0.942. The Morgan fingerprint density at radius 1 is 1.46 bits per heavy atom. The standard InChI is InChI=1S/C11H17NO/c1-4-9-10(8(2)12)6-5-7-11(9)13-3/h5-8H,4,12H2,1-3H3. The fraction of sp³-hybridized carbons (Fsp3) is 0.455. The van der Waals surface area contributed by atoms with Crippen molar-refractivity contribution < 1.29 is 4.74 Å². The van der Waals surface area contributed by atoms with Crippen LogP contribution in [-0.4, -0.2) is 7.11 Å². The van der Waals surface area contributed by atoms with Crippen molar-refractivity contribution >= 4 is 0 Å². The molecular weight excluding hydrogens is 162 g/mol. The molecule has 72 valence electrons. The normalized spacial score (nSPS) is 12.6.